The number of aromatic nitrogens is 3. The summed E-state index contributed by atoms with van der Waals surface area (Å²) in [5, 5.41) is 10.5. The fraction of sp³-hybridized carbons (Fsp3) is 0.800. The van der Waals surface area contributed by atoms with Gasteiger partial charge in [-0.15, -0.1) is 0 Å². The average molecular weight is 291 g/mol. The second-order valence-corrected chi connectivity index (χ2v) is 6.36. The largest absolute Gasteiger partial charge is 0.351 e. The van der Waals surface area contributed by atoms with Crippen LogP contribution in [0.3, 0.4) is 0 Å². The first kappa shape index (κ1) is 14.5. The Morgan fingerprint density at radius 3 is 2.86 bits per heavy atom. The van der Waals surface area contributed by atoms with Gasteiger partial charge in [-0.3, -0.25) is 9.89 Å². The highest BCUT2D eigenvalue weighted by atomic mass is 16.2. The molecule has 21 heavy (non-hydrogen) atoms. The van der Waals surface area contributed by atoms with Gasteiger partial charge < -0.3 is 10.2 Å². The molecule has 2 atom stereocenters. The molecule has 1 aliphatic carbocycles. The van der Waals surface area contributed by atoms with Crippen LogP contribution in [0, 0.1) is 12.8 Å². The number of H-pyrrole nitrogens is 1. The van der Waals surface area contributed by atoms with Crippen LogP contribution in [-0.2, 0) is 4.79 Å². The summed E-state index contributed by atoms with van der Waals surface area (Å²) in [4.78, 5) is 19.1. The maximum Gasteiger partial charge on any atom is 0.223 e. The molecule has 6 nitrogen and oxygen atoms in total. The number of amides is 1. The summed E-state index contributed by atoms with van der Waals surface area (Å²) >= 11 is 0. The SMILES string of the molecule is CCCN1CC[C@H](c2n[nH]c(C)n2)[C@H](NC(=O)C2CC2)C1. The molecule has 1 aromatic rings. The molecule has 0 unspecified atom stereocenters. The van der Waals surface area contributed by atoms with Gasteiger partial charge in [-0.2, -0.15) is 5.10 Å². The molecular weight excluding hydrogens is 266 g/mol. The standard InChI is InChI=1S/C15H25N5O/c1-3-7-20-8-6-12(14-16-10(2)18-19-14)13(9-20)17-15(21)11-4-5-11/h11-13H,3-9H2,1-2H3,(H,17,21)(H,16,18,19)/t12-,13+/m0/s1. The molecule has 1 aliphatic heterocycles. The minimum atomic E-state index is 0.133. The summed E-state index contributed by atoms with van der Waals surface area (Å²) < 4.78 is 0. The highest BCUT2D eigenvalue weighted by Crippen LogP contribution is 2.31. The Hall–Kier alpha value is -1.43. The number of carbonyl (C=O) groups excluding carboxylic acids is 1. The highest BCUT2D eigenvalue weighted by molar-refractivity contribution is 5.81. The van der Waals surface area contributed by atoms with Crippen molar-refractivity contribution < 1.29 is 4.79 Å². The molecule has 1 aromatic heterocycles. The predicted octanol–water partition coefficient (Wildman–Crippen LogP) is 1.21. The maximum atomic E-state index is 12.1. The van der Waals surface area contributed by atoms with Crippen LogP contribution in [0.2, 0.25) is 0 Å². The molecule has 2 N–H and O–H groups in total. The van der Waals surface area contributed by atoms with E-state index in [-0.39, 0.29) is 23.8 Å². The topological polar surface area (TPSA) is 73.9 Å². The molecule has 6 heteroatoms. The van der Waals surface area contributed by atoms with Crippen molar-refractivity contribution in [3.05, 3.63) is 11.6 Å². The van der Waals surface area contributed by atoms with Crippen molar-refractivity contribution in [2.75, 3.05) is 19.6 Å². The summed E-state index contributed by atoms with van der Waals surface area (Å²) in [6, 6.07) is 0.133. The van der Waals surface area contributed by atoms with Gasteiger partial charge in [0.15, 0.2) is 5.82 Å². The van der Waals surface area contributed by atoms with Crippen molar-refractivity contribution in [3.8, 4) is 0 Å². The van der Waals surface area contributed by atoms with Crippen molar-refractivity contribution >= 4 is 5.91 Å². The first-order valence-corrected chi connectivity index (χ1v) is 8.09. The van der Waals surface area contributed by atoms with Crippen molar-refractivity contribution in [3.63, 3.8) is 0 Å². The van der Waals surface area contributed by atoms with Gasteiger partial charge in [-0.1, -0.05) is 6.92 Å². The van der Waals surface area contributed by atoms with Gasteiger partial charge in [0.05, 0.1) is 6.04 Å². The quantitative estimate of drug-likeness (QED) is 0.855. The maximum absolute atomic E-state index is 12.1. The molecule has 1 saturated carbocycles. The van der Waals surface area contributed by atoms with Gasteiger partial charge in [0.2, 0.25) is 5.91 Å². The minimum absolute atomic E-state index is 0.133. The minimum Gasteiger partial charge on any atom is -0.351 e. The van der Waals surface area contributed by atoms with E-state index in [0.29, 0.717) is 0 Å². The zero-order valence-electron chi connectivity index (χ0n) is 12.9. The molecule has 3 rings (SSSR count). The fourth-order valence-electron chi connectivity index (χ4n) is 3.17. The van der Waals surface area contributed by atoms with E-state index in [0.717, 1.165) is 57.0 Å². The Morgan fingerprint density at radius 2 is 2.24 bits per heavy atom. The Balaban J connectivity index is 1.71. The summed E-state index contributed by atoms with van der Waals surface area (Å²) in [7, 11) is 0. The molecular formula is C15H25N5O. The van der Waals surface area contributed by atoms with E-state index in [1.807, 2.05) is 6.92 Å². The number of carbonyl (C=O) groups is 1. The Bertz CT molecular complexity index is 496. The molecule has 1 amide bonds. The summed E-state index contributed by atoms with van der Waals surface area (Å²) in [6.07, 6.45) is 4.24. The second-order valence-electron chi connectivity index (χ2n) is 6.36. The van der Waals surface area contributed by atoms with Gasteiger partial charge in [0.25, 0.3) is 0 Å². The van der Waals surface area contributed by atoms with Crippen LogP contribution in [0.15, 0.2) is 0 Å². The molecule has 2 fully saturated rings. The van der Waals surface area contributed by atoms with Gasteiger partial charge >= 0.3 is 0 Å². The van der Waals surface area contributed by atoms with Crippen molar-refractivity contribution in [1.82, 2.24) is 25.4 Å². The van der Waals surface area contributed by atoms with Gasteiger partial charge in [-0.05, 0) is 45.7 Å². The summed E-state index contributed by atoms with van der Waals surface area (Å²) in [5.41, 5.74) is 0. The Labute approximate surface area is 125 Å². The van der Waals surface area contributed by atoms with Gasteiger partial charge in [-0.25, -0.2) is 4.98 Å². The normalized spacial score (nSPS) is 26.8. The van der Waals surface area contributed by atoms with Crippen molar-refractivity contribution in [2.24, 2.45) is 5.92 Å². The first-order valence-electron chi connectivity index (χ1n) is 8.09. The number of nitrogens with one attached hydrogen (secondary N) is 2. The summed E-state index contributed by atoms with van der Waals surface area (Å²) in [6.45, 7) is 7.17. The van der Waals surface area contributed by atoms with E-state index in [9.17, 15) is 4.79 Å². The van der Waals surface area contributed by atoms with Gasteiger partial charge in [0.1, 0.15) is 5.82 Å². The Morgan fingerprint density at radius 1 is 1.43 bits per heavy atom. The summed E-state index contributed by atoms with van der Waals surface area (Å²) in [5.74, 6) is 2.39. The van der Waals surface area contributed by atoms with Crippen molar-refractivity contribution in [1.29, 1.82) is 0 Å². The molecule has 0 spiro atoms. The number of hydrogen-bond acceptors (Lipinski definition) is 4. The van der Waals surface area contributed by atoms with E-state index in [1.165, 1.54) is 0 Å². The lowest BCUT2D eigenvalue weighted by Crippen LogP contribution is -2.52. The van der Waals surface area contributed by atoms with Crippen LogP contribution in [0.25, 0.3) is 0 Å². The molecule has 2 heterocycles. The van der Waals surface area contributed by atoms with Crippen LogP contribution >= 0.6 is 0 Å². The number of rotatable bonds is 5. The van der Waals surface area contributed by atoms with Crippen LogP contribution in [0.1, 0.15) is 50.2 Å². The molecule has 116 valence electrons. The Kier molecular flexibility index (Phi) is 4.24. The molecule has 0 bridgehead atoms. The number of nitrogens with zero attached hydrogens (tertiary/aromatic N) is 3. The first-order chi connectivity index (χ1) is 10.2. The van der Waals surface area contributed by atoms with Gasteiger partial charge in [0, 0.05) is 18.4 Å². The third-order valence-electron chi connectivity index (χ3n) is 4.46. The third-order valence-corrected chi connectivity index (χ3v) is 4.46. The highest BCUT2D eigenvalue weighted by Gasteiger charge is 2.37. The average Bonchev–Trinajstić information content (AvgIpc) is 3.22. The lowest BCUT2D eigenvalue weighted by Gasteiger charge is -2.37. The lowest BCUT2D eigenvalue weighted by atomic mass is 9.90. The second kappa shape index (κ2) is 6.13. The van der Waals surface area contributed by atoms with Crippen LogP contribution in [0.5, 0.6) is 0 Å². The molecule has 0 radical (unpaired) electrons. The zero-order chi connectivity index (χ0) is 14.8. The molecule has 0 aromatic carbocycles. The number of aromatic amines is 1. The number of hydrogen-bond donors (Lipinski definition) is 2. The molecule has 1 saturated heterocycles. The number of likely N-dealkylation sites (tertiary alicyclic amines) is 1. The predicted molar refractivity (Wildman–Crippen MR) is 79.9 cm³/mol. The van der Waals surface area contributed by atoms with E-state index in [4.69, 9.17) is 0 Å². The smallest absolute Gasteiger partial charge is 0.223 e. The third kappa shape index (κ3) is 3.43. The lowest BCUT2D eigenvalue weighted by molar-refractivity contribution is -0.123. The fourth-order valence-corrected chi connectivity index (χ4v) is 3.17. The van der Waals surface area contributed by atoms with E-state index in [2.05, 4.69) is 32.3 Å². The van der Waals surface area contributed by atoms with E-state index in [1.54, 1.807) is 0 Å². The van der Waals surface area contributed by atoms with Crippen molar-refractivity contribution in [2.45, 2.75) is 51.5 Å². The monoisotopic (exact) mass is 291 g/mol. The van der Waals surface area contributed by atoms with Crippen LogP contribution < -0.4 is 5.32 Å². The number of aryl methyl sites for hydroxylation is 1. The van der Waals surface area contributed by atoms with E-state index >= 15 is 0 Å². The zero-order valence-corrected chi connectivity index (χ0v) is 12.9. The van der Waals surface area contributed by atoms with Crippen LogP contribution in [-0.4, -0.2) is 51.7 Å². The number of piperidine rings is 1. The molecule has 2 aliphatic rings. The van der Waals surface area contributed by atoms with Crippen LogP contribution in [0.4, 0.5) is 0 Å². The van der Waals surface area contributed by atoms with E-state index < -0.39 is 0 Å².